The van der Waals surface area contributed by atoms with E-state index >= 15 is 0 Å². The van der Waals surface area contributed by atoms with Crippen LogP contribution in [0.5, 0.6) is 0 Å². The van der Waals surface area contributed by atoms with Gasteiger partial charge in [-0.3, -0.25) is 0 Å². The molecule has 0 spiro atoms. The van der Waals surface area contributed by atoms with E-state index < -0.39 is 0 Å². The van der Waals surface area contributed by atoms with E-state index in [0.29, 0.717) is 5.41 Å². The Labute approximate surface area is 137 Å². The summed E-state index contributed by atoms with van der Waals surface area (Å²) in [6, 6.07) is 4.87. The first-order valence-electron chi connectivity index (χ1n) is 9.13. The number of allylic oxidation sites excluding steroid dienone is 2. The summed E-state index contributed by atoms with van der Waals surface area (Å²) in [5.41, 5.74) is 8.02. The van der Waals surface area contributed by atoms with Gasteiger partial charge >= 0.3 is 0 Å². The highest BCUT2D eigenvalue weighted by molar-refractivity contribution is 5.71. The second kappa shape index (κ2) is 5.55. The van der Waals surface area contributed by atoms with Crippen molar-refractivity contribution in [1.82, 2.24) is 0 Å². The predicted molar refractivity (Wildman–Crippen MR) is 97.0 cm³/mol. The summed E-state index contributed by atoms with van der Waals surface area (Å²) < 4.78 is 0. The molecule has 0 bridgehead atoms. The number of benzene rings is 1. The topological polar surface area (TPSA) is 0 Å². The van der Waals surface area contributed by atoms with Gasteiger partial charge in [-0.1, -0.05) is 39.0 Å². The van der Waals surface area contributed by atoms with E-state index in [0.717, 1.165) is 17.8 Å². The summed E-state index contributed by atoms with van der Waals surface area (Å²) >= 11 is 0. The fourth-order valence-electron chi connectivity index (χ4n) is 5.43. The number of fused-ring (bicyclic) bond motifs is 1. The highest BCUT2D eigenvalue weighted by atomic mass is 14.5. The van der Waals surface area contributed by atoms with Crippen molar-refractivity contribution < 1.29 is 0 Å². The lowest BCUT2D eigenvalue weighted by molar-refractivity contribution is 0.129. The molecule has 0 heteroatoms. The Morgan fingerprint density at radius 1 is 1.05 bits per heavy atom. The van der Waals surface area contributed by atoms with Gasteiger partial charge in [-0.15, -0.1) is 0 Å². The predicted octanol–water partition coefficient (Wildman–Crippen LogP) is 6.48. The molecule has 0 radical (unpaired) electrons. The van der Waals surface area contributed by atoms with Crippen LogP contribution < -0.4 is 0 Å². The number of rotatable bonds is 2. The van der Waals surface area contributed by atoms with E-state index in [2.05, 4.69) is 59.8 Å². The average Bonchev–Trinajstić information content (AvgIpc) is 2.81. The fraction of sp³-hybridized carbons (Fsp3) is 0.636. The quantitative estimate of drug-likeness (QED) is 0.586. The third-order valence-corrected chi connectivity index (χ3v) is 6.90. The van der Waals surface area contributed by atoms with Crippen LogP contribution >= 0.6 is 0 Å². The Bertz CT molecular complexity index is 581. The van der Waals surface area contributed by atoms with Gasteiger partial charge in [-0.25, -0.2) is 0 Å². The van der Waals surface area contributed by atoms with E-state index in [9.17, 15) is 0 Å². The molecule has 3 rings (SSSR count). The van der Waals surface area contributed by atoms with Gasteiger partial charge in [0, 0.05) is 0 Å². The molecule has 0 saturated heterocycles. The van der Waals surface area contributed by atoms with Crippen molar-refractivity contribution in [3.8, 4) is 0 Å². The molecule has 2 aliphatic rings. The Balaban J connectivity index is 2.01. The first-order valence-corrected chi connectivity index (χ1v) is 9.13. The van der Waals surface area contributed by atoms with Crippen LogP contribution in [-0.2, 0) is 0 Å². The largest absolute Gasteiger partial charge is 0.0804 e. The molecule has 1 saturated carbocycles. The zero-order chi connectivity index (χ0) is 16.1. The minimum atomic E-state index is 0.519. The molecular formula is C22H32. The second-order valence-electron chi connectivity index (χ2n) is 8.42. The van der Waals surface area contributed by atoms with Gasteiger partial charge < -0.3 is 0 Å². The van der Waals surface area contributed by atoms with Crippen molar-refractivity contribution in [2.24, 2.45) is 23.2 Å². The Morgan fingerprint density at radius 3 is 2.27 bits per heavy atom. The molecule has 1 aromatic rings. The minimum Gasteiger partial charge on any atom is -0.0804 e. The van der Waals surface area contributed by atoms with E-state index in [1.807, 2.05) is 0 Å². The molecule has 0 aliphatic heterocycles. The first-order chi connectivity index (χ1) is 10.3. The molecule has 0 aromatic heterocycles. The SMILES string of the molecule is Cc1cc(C2=CCC[C@@]3(C)C2CCC3C(C)C)cc(C)c1C. The van der Waals surface area contributed by atoms with Crippen LogP contribution in [0.3, 0.4) is 0 Å². The Kier molecular flexibility index (Phi) is 4.00. The second-order valence-corrected chi connectivity index (χ2v) is 8.42. The van der Waals surface area contributed by atoms with Crippen LogP contribution in [0.2, 0.25) is 0 Å². The third kappa shape index (κ3) is 2.36. The highest BCUT2D eigenvalue weighted by Gasteiger charge is 2.49. The smallest absolute Gasteiger partial charge is 0.0102 e. The van der Waals surface area contributed by atoms with Crippen LogP contribution in [0.1, 0.15) is 68.7 Å². The summed E-state index contributed by atoms with van der Waals surface area (Å²) in [4.78, 5) is 0. The molecular weight excluding hydrogens is 264 g/mol. The summed E-state index contributed by atoms with van der Waals surface area (Å²) in [5.74, 6) is 2.49. The highest BCUT2D eigenvalue weighted by Crippen LogP contribution is 2.59. The van der Waals surface area contributed by atoms with Gasteiger partial charge in [-0.05, 0) is 97.5 Å². The van der Waals surface area contributed by atoms with Gasteiger partial charge in [0.25, 0.3) is 0 Å². The zero-order valence-electron chi connectivity index (χ0n) is 15.3. The summed E-state index contributed by atoms with van der Waals surface area (Å²) in [5, 5.41) is 0. The lowest BCUT2D eigenvalue weighted by Gasteiger charge is -2.43. The van der Waals surface area contributed by atoms with Crippen molar-refractivity contribution in [3.63, 3.8) is 0 Å². The van der Waals surface area contributed by atoms with Crippen LogP contribution in [-0.4, -0.2) is 0 Å². The third-order valence-electron chi connectivity index (χ3n) is 6.90. The standard InChI is InChI=1S/C22H32/c1-14(2)20-9-10-21-19(8-7-11-22(20,21)6)18-12-15(3)17(5)16(4)13-18/h8,12-14,20-21H,7,9-11H2,1-6H3/t20?,21?,22-/m1/s1. The molecule has 0 amide bonds. The lowest BCUT2D eigenvalue weighted by Crippen LogP contribution is -2.34. The van der Waals surface area contributed by atoms with Crippen LogP contribution in [0, 0.1) is 43.9 Å². The molecule has 1 fully saturated rings. The minimum absolute atomic E-state index is 0.519. The van der Waals surface area contributed by atoms with Gasteiger partial charge in [0.1, 0.15) is 0 Å². The Hall–Kier alpha value is -1.04. The molecule has 0 nitrogen and oxygen atoms in total. The van der Waals surface area contributed by atoms with Crippen molar-refractivity contribution in [1.29, 1.82) is 0 Å². The van der Waals surface area contributed by atoms with Crippen molar-refractivity contribution in [2.45, 2.75) is 67.2 Å². The number of aryl methyl sites for hydroxylation is 2. The molecule has 120 valence electrons. The first kappa shape index (κ1) is 15.8. The normalized spacial score (nSPS) is 31.3. The summed E-state index contributed by atoms with van der Waals surface area (Å²) in [6.07, 6.45) is 8.00. The molecule has 0 heterocycles. The van der Waals surface area contributed by atoms with Crippen LogP contribution in [0.4, 0.5) is 0 Å². The zero-order valence-corrected chi connectivity index (χ0v) is 15.3. The maximum atomic E-state index is 2.58. The summed E-state index contributed by atoms with van der Waals surface area (Å²) in [6.45, 7) is 14.2. The van der Waals surface area contributed by atoms with Crippen LogP contribution in [0.25, 0.3) is 5.57 Å². The maximum Gasteiger partial charge on any atom is -0.0102 e. The number of hydrogen-bond acceptors (Lipinski definition) is 0. The molecule has 22 heavy (non-hydrogen) atoms. The summed E-state index contributed by atoms with van der Waals surface area (Å²) in [7, 11) is 0. The van der Waals surface area contributed by atoms with Crippen LogP contribution in [0.15, 0.2) is 18.2 Å². The van der Waals surface area contributed by atoms with E-state index in [1.54, 1.807) is 5.57 Å². The maximum absolute atomic E-state index is 2.58. The van der Waals surface area contributed by atoms with E-state index in [4.69, 9.17) is 0 Å². The Morgan fingerprint density at radius 2 is 1.68 bits per heavy atom. The molecule has 0 N–H and O–H groups in total. The molecule has 2 unspecified atom stereocenters. The monoisotopic (exact) mass is 296 g/mol. The van der Waals surface area contributed by atoms with Crippen molar-refractivity contribution in [2.75, 3.05) is 0 Å². The van der Waals surface area contributed by atoms with Gasteiger partial charge in [-0.2, -0.15) is 0 Å². The fourth-order valence-corrected chi connectivity index (χ4v) is 5.43. The molecule has 3 atom stereocenters. The lowest BCUT2D eigenvalue weighted by atomic mass is 9.62. The van der Waals surface area contributed by atoms with Gasteiger partial charge in [0.05, 0.1) is 0 Å². The van der Waals surface area contributed by atoms with Crippen molar-refractivity contribution in [3.05, 3.63) is 40.5 Å². The van der Waals surface area contributed by atoms with Gasteiger partial charge in [0.15, 0.2) is 0 Å². The van der Waals surface area contributed by atoms with E-state index in [-0.39, 0.29) is 0 Å². The van der Waals surface area contributed by atoms with Gasteiger partial charge in [0.2, 0.25) is 0 Å². The molecule has 1 aromatic carbocycles. The van der Waals surface area contributed by atoms with Crippen molar-refractivity contribution >= 4 is 5.57 Å². The number of hydrogen-bond donors (Lipinski definition) is 0. The average molecular weight is 296 g/mol. The van der Waals surface area contributed by atoms with E-state index in [1.165, 1.54) is 47.9 Å². The molecule has 2 aliphatic carbocycles.